The van der Waals surface area contributed by atoms with Crippen LogP contribution in [0, 0.1) is 13.8 Å². The zero-order chi connectivity index (χ0) is 25.2. The van der Waals surface area contributed by atoms with E-state index in [0.29, 0.717) is 11.3 Å². The molecule has 0 aliphatic carbocycles. The number of nitrogens with zero attached hydrogens (tertiary/aromatic N) is 2. The van der Waals surface area contributed by atoms with Crippen LogP contribution >= 0.6 is 0 Å². The number of amides is 2. The molecule has 1 aliphatic heterocycles. The number of fused-ring (bicyclic) bond motifs is 1. The molecular formula is C24H24F3N3O4. The maximum absolute atomic E-state index is 13.5. The average Bonchev–Trinajstić information content (AvgIpc) is 3.01. The van der Waals surface area contributed by atoms with Gasteiger partial charge in [0.1, 0.15) is 12.3 Å². The van der Waals surface area contributed by atoms with Gasteiger partial charge in [0.05, 0.1) is 23.6 Å². The molecular weight excluding hydrogens is 451 g/mol. The lowest BCUT2D eigenvalue weighted by Gasteiger charge is -2.20. The Labute approximate surface area is 194 Å². The average molecular weight is 475 g/mol. The van der Waals surface area contributed by atoms with Gasteiger partial charge >= 0.3 is 12.1 Å². The van der Waals surface area contributed by atoms with Crippen molar-refractivity contribution in [1.82, 2.24) is 5.43 Å². The van der Waals surface area contributed by atoms with Crippen LogP contribution in [0.2, 0.25) is 0 Å². The topological polar surface area (TPSA) is 88.1 Å². The van der Waals surface area contributed by atoms with Crippen molar-refractivity contribution in [1.29, 1.82) is 0 Å². The summed E-state index contributed by atoms with van der Waals surface area (Å²) in [5.74, 6) is -2.97. The summed E-state index contributed by atoms with van der Waals surface area (Å²) in [5.41, 5.74) is 4.04. The molecule has 1 aliphatic rings. The summed E-state index contributed by atoms with van der Waals surface area (Å²) >= 11 is 0. The predicted octanol–water partition coefficient (Wildman–Crippen LogP) is 4.53. The van der Waals surface area contributed by atoms with Crippen molar-refractivity contribution in [3.8, 4) is 0 Å². The molecule has 1 unspecified atom stereocenters. The molecule has 0 saturated carbocycles. The number of esters is 1. The number of halogens is 3. The summed E-state index contributed by atoms with van der Waals surface area (Å²) in [6.45, 7) is 6.86. The summed E-state index contributed by atoms with van der Waals surface area (Å²) in [7, 11) is 0. The first-order chi connectivity index (χ1) is 15.9. The summed E-state index contributed by atoms with van der Waals surface area (Å²) in [5, 5.41) is 3.94. The van der Waals surface area contributed by atoms with Gasteiger partial charge in [-0.15, -0.1) is 0 Å². The van der Waals surface area contributed by atoms with E-state index in [4.69, 9.17) is 4.74 Å². The highest BCUT2D eigenvalue weighted by atomic mass is 19.4. The second-order valence-corrected chi connectivity index (χ2v) is 7.99. The van der Waals surface area contributed by atoms with Crippen LogP contribution in [0.4, 0.5) is 24.5 Å². The zero-order valence-corrected chi connectivity index (χ0v) is 19.1. The highest BCUT2D eigenvalue weighted by molar-refractivity contribution is 6.22. The smallest absolute Gasteiger partial charge is 0.416 e. The number of ether oxygens (including phenoxy) is 1. The molecule has 7 nitrogen and oxygen atoms in total. The maximum atomic E-state index is 13.5. The molecule has 0 fully saturated rings. The number of anilines is 2. The minimum atomic E-state index is -4.59. The minimum Gasteiger partial charge on any atom is -0.466 e. The molecule has 0 aromatic heterocycles. The van der Waals surface area contributed by atoms with E-state index in [-0.39, 0.29) is 18.0 Å². The van der Waals surface area contributed by atoms with Crippen molar-refractivity contribution in [3.63, 3.8) is 0 Å². The fraction of sp³-hybridized carbons (Fsp3) is 0.333. The molecule has 0 saturated heterocycles. The highest BCUT2D eigenvalue weighted by Gasteiger charge is 2.42. The normalized spacial score (nSPS) is 15.9. The third kappa shape index (κ3) is 5.27. The fourth-order valence-corrected chi connectivity index (χ4v) is 3.89. The van der Waals surface area contributed by atoms with Gasteiger partial charge in [-0.2, -0.15) is 18.3 Å². The van der Waals surface area contributed by atoms with Crippen molar-refractivity contribution in [2.24, 2.45) is 5.10 Å². The van der Waals surface area contributed by atoms with Crippen LogP contribution in [0.25, 0.3) is 0 Å². The van der Waals surface area contributed by atoms with Crippen LogP contribution in [0.1, 0.15) is 48.4 Å². The summed E-state index contributed by atoms with van der Waals surface area (Å²) < 4.78 is 45.0. The number of benzene rings is 2. The molecule has 1 N–H and O–H groups in total. The number of hydrogen-bond acceptors (Lipinski definition) is 5. The molecule has 180 valence electrons. The standard InChI is InChI=1S/C24H24F3N3O4/c1-5-34-21(32)12-20(31)29-28-15(4)22-18-7-6-16(24(25,26)27)11-19(18)30(23(22)33)17-9-13(2)8-14(3)10-17/h6-11,22H,5,12H2,1-4H3,(H,29,31)/b28-15-. The lowest BCUT2D eigenvalue weighted by molar-refractivity contribution is -0.146. The number of carbonyl (C=O) groups is 3. The van der Waals surface area contributed by atoms with Crippen LogP contribution in [-0.4, -0.2) is 30.1 Å². The predicted molar refractivity (Wildman–Crippen MR) is 120 cm³/mol. The zero-order valence-electron chi connectivity index (χ0n) is 19.1. The summed E-state index contributed by atoms with van der Waals surface area (Å²) in [6.07, 6.45) is -5.14. The molecule has 34 heavy (non-hydrogen) atoms. The first kappa shape index (κ1) is 24.9. The van der Waals surface area contributed by atoms with E-state index in [1.165, 1.54) is 17.9 Å². The lowest BCUT2D eigenvalue weighted by Crippen LogP contribution is -2.29. The van der Waals surface area contributed by atoms with Gasteiger partial charge < -0.3 is 4.74 Å². The van der Waals surface area contributed by atoms with Crippen molar-refractivity contribution in [2.75, 3.05) is 11.5 Å². The first-order valence-electron chi connectivity index (χ1n) is 10.5. The van der Waals surface area contributed by atoms with Gasteiger partial charge in [-0.25, -0.2) is 5.43 Å². The van der Waals surface area contributed by atoms with Gasteiger partial charge in [0.2, 0.25) is 5.91 Å². The van der Waals surface area contributed by atoms with Crippen molar-refractivity contribution in [3.05, 3.63) is 58.7 Å². The first-order valence-corrected chi connectivity index (χ1v) is 10.5. The van der Waals surface area contributed by atoms with Crippen molar-refractivity contribution >= 4 is 34.9 Å². The second-order valence-electron chi connectivity index (χ2n) is 7.99. The largest absolute Gasteiger partial charge is 0.466 e. The van der Waals surface area contributed by atoms with Crippen LogP contribution in [0.5, 0.6) is 0 Å². The molecule has 2 aromatic carbocycles. The Morgan fingerprint density at radius 1 is 1.12 bits per heavy atom. The van der Waals surface area contributed by atoms with Crippen LogP contribution in [-0.2, 0) is 25.3 Å². The Morgan fingerprint density at radius 2 is 1.76 bits per heavy atom. The number of rotatable bonds is 6. The van der Waals surface area contributed by atoms with E-state index in [1.54, 1.807) is 19.1 Å². The van der Waals surface area contributed by atoms with Gasteiger partial charge in [-0.1, -0.05) is 12.1 Å². The molecule has 3 rings (SSSR count). The monoisotopic (exact) mass is 475 g/mol. The van der Waals surface area contributed by atoms with Crippen LogP contribution < -0.4 is 10.3 Å². The summed E-state index contributed by atoms with van der Waals surface area (Å²) in [4.78, 5) is 38.1. The van der Waals surface area contributed by atoms with Crippen molar-refractivity contribution in [2.45, 2.75) is 46.2 Å². The van der Waals surface area contributed by atoms with Gasteiger partial charge in [-0.05, 0) is 68.7 Å². The molecule has 1 atom stereocenters. The molecule has 10 heteroatoms. The van der Waals surface area contributed by atoms with Gasteiger partial charge in [0.25, 0.3) is 5.91 Å². The third-order valence-electron chi connectivity index (χ3n) is 5.23. The Hall–Kier alpha value is -3.69. The van der Waals surface area contributed by atoms with Gasteiger partial charge in [-0.3, -0.25) is 19.3 Å². The Bertz CT molecular complexity index is 1150. The molecule has 0 bridgehead atoms. The number of hydrogen-bond donors (Lipinski definition) is 1. The van der Waals surface area contributed by atoms with E-state index in [2.05, 4.69) is 10.5 Å². The Balaban J connectivity index is 2.01. The Kier molecular flexibility index (Phi) is 7.09. The maximum Gasteiger partial charge on any atom is 0.416 e. The van der Waals surface area contributed by atoms with E-state index < -0.39 is 41.9 Å². The summed E-state index contributed by atoms with van der Waals surface area (Å²) in [6, 6.07) is 8.42. The highest BCUT2D eigenvalue weighted by Crippen LogP contribution is 2.45. The van der Waals surface area contributed by atoms with E-state index in [0.717, 1.165) is 23.3 Å². The molecule has 1 heterocycles. The van der Waals surface area contributed by atoms with Crippen molar-refractivity contribution < 1.29 is 32.3 Å². The fourth-order valence-electron chi connectivity index (χ4n) is 3.89. The number of nitrogens with one attached hydrogen (secondary N) is 1. The SMILES string of the molecule is CCOC(=O)CC(=O)N/N=C(/C)C1C(=O)N(c2cc(C)cc(C)c2)c2cc(C(F)(F)F)ccc21. The number of alkyl halides is 3. The quantitative estimate of drug-likeness (QED) is 0.288. The van der Waals surface area contributed by atoms with E-state index >= 15 is 0 Å². The molecule has 2 amide bonds. The molecule has 0 radical (unpaired) electrons. The number of aryl methyl sites for hydroxylation is 2. The van der Waals surface area contributed by atoms with E-state index in [9.17, 15) is 27.6 Å². The number of hydrazone groups is 1. The Morgan fingerprint density at radius 3 is 2.35 bits per heavy atom. The van der Waals surface area contributed by atoms with Gasteiger partial charge in [0, 0.05) is 5.69 Å². The molecule has 0 spiro atoms. The molecule has 2 aromatic rings. The van der Waals surface area contributed by atoms with Crippen LogP contribution in [0.15, 0.2) is 41.5 Å². The minimum absolute atomic E-state index is 0.0993. The van der Waals surface area contributed by atoms with Crippen LogP contribution in [0.3, 0.4) is 0 Å². The number of carbonyl (C=O) groups excluding carboxylic acids is 3. The van der Waals surface area contributed by atoms with Gasteiger partial charge in [0.15, 0.2) is 0 Å². The lowest BCUT2D eigenvalue weighted by atomic mass is 9.95. The second kappa shape index (κ2) is 9.66. The van der Waals surface area contributed by atoms with E-state index in [1.807, 2.05) is 19.9 Å². The third-order valence-corrected chi connectivity index (χ3v) is 5.23.